The van der Waals surface area contributed by atoms with Crippen molar-refractivity contribution in [1.29, 1.82) is 0 Å². The molecule has 0 radical (unpaired) electrons. The van der Waals surface area contributed by atoms with Gasteiger partial charge in [-0.2, -0.15) is 0 Å². The molecule has 0 atom stereocenters. The van der Waals surface area contributed by atoms with Crippen LogP contribution in [0.15, 0.2) is 64.2 Å². The maximum Gasteiger partial charge on any atom is 0.316 e. The molecule has 1 aromatic heterocycles. The van der Waals surface area contributed by atoms with E-state index in [1.807, 2.05) is 36.4 Å². The van der Waals surface area contributed by atoms with Crippen LogP contribution >= 0.6 is 27.7 Å². The lowest BCUT2D eigenvalue weighted by Gasteiger charge is -2.07. The number of fused-ring (bicyclic) bond motifs is 1. The molecule has 0 unspecified atom stereocenters. The molecule has 0 bridgehead atoms. The van der Waals surface area contributed by atoms with Crippen LogP contribution in [-0.4, -0.2) is 34.2 Å². The summed E-state index contributed by atoms with van der Waals surface area (Å²) in [7, 11) is 0. The average molecular weight is 432 g/mol. The van der Waals surface area contributed by atoms with Crippen LogP contribution < -0.4 is 5.32 Å². The van der Waals surface area contributed by atoms with Crippen molar-refractivity contribution in [2.24, 2.45) is 0 Å². The van der Waals surface area contributed by atoms with E-state index in [-0.39, 0.29) is 12.4 Å². The van der Waals surface area contributed by atoms with Crippen LogP contribution in [0.4, 0.5) is 5.69 Å². The fraction of sp³-hybridized carbons (Fsp3) is 0.111. The Morgan fingerprint density at radius 2 is 1.81 bits per heavy atom. The first kappa shape index (κ1) is 18.3. The molecule has 1 amide bonds. The third-order valence-corrected chi connectivity index (χ3v) is 4.66. The molecule has 1 N–H and O–H groups in total. The fourth-order valence-electron chi connectivity index (χ4n) is 2.06. The summed E-state index contributed by atoms with van der Waals surface area (Å²) in [6.07, 6.45) is 1.61. The van der Waals surface area contributed by atoms with E-state index in [0.29, 0.717) is 10.7 Å². The number of nitrogens with zero attached hydrogens (tertiary/aromatic N) is 2. The van der Waals surface area contributed by atoms with Crippen LogP contribution in [0.5, 0.6) is 0 Å². The highest BCUT2D eigenvalue weighted by atomic mass is 79.9. The summed E-state index contributed by atoms with van der Waals surface area (Å²) in [5.41, 5.74) is 2.19. The van der Waals surface area contributed by atoms with Gasteiger partial charge in [-0.1, -0.05) is 39.8 Å². The molecule has 0 saturated carbocycles. The number of anilines is 1. The van der Waals surface area contributed by atoms with E-state index < -0.39 is 11.9 Å². The molecule has 6 nitrogen and oxygen atoms in total. The summed E-state index contributed by atoms with van der Waals surface area (Å²) in [5, 5.41) is 3.28. The Morgan fingerprint density at radius 1 is 1.08 bits per heavy atom. The molecule has 0 aliphatic carbocycles. The molecule has 0 aliphatic heterocycles. The normalized spacial score (nSPS) is 10.5. The van der Waals surface area contributed by atoms with E-state index in [2.05, 4.69) is 31.2 Å². The van der Waals surface area contributed by atoms with Crippen molar-refractivity contribution in [3.8, 4) is 0 Å². The Balaban J connectivity index is 1.44. The highest BCUT2D eigenvalue weighted by Crippen LogP contribution is 2.18. The number of nitrogens with one attached hydrogen (secondary N) is 1. The number of hydrogen-bond acceptors (Lipinski definition) is 6. The standard InChI is InChI=1S/C18H14BrN3O3S/c19-12-5-7-13(8-6-12)21-16(23)10-25-18(24)11-26-17-9-20-14-3-1-2-4-15(14)22-17/h1-9H,10-11H2,(H,21,23). The molecular formula is C18H14BrN3O3S. The molecule has 8 heteroatoms. The number of ether oxygens (including phenoxy) is 1. The molecule has 26 heavy (non-hydrogen) atoms. The second kappa shape index (κ2) is 8.77. The summed E-state index contributed by atoms with van der Waals surface area (Å²) in [5.74, 6) is -0.828. The summed E-state index contributed by atoms with van der Waals surface area (Å²) in [6, 6.07) is 14.6. The van der Waals surface area contributed by atoms with Gasteiger partial charge in [0.1, 0.15) is 5.03 Å². The minimum atomic E-state index is -0.490. The van der Waals surface area contributed by atoms with Crippen molar-refractivity contribution < 1.29 is 14.3 Å². The number of amides is 1. The monoisotopic (exact) mass is 431 g/mol. The van der Waals surface area contributed by atoms with E-state index >= 15 is 0 Å². The van der Waals surface area contributed by atoms with Crippen molar-refractivity contribution in [2.75, 3.05) is 17.7 Å². The van der Waals surface area contributed by atoms with Gasteiger partial charge in [0.05, 0.1) is 23.0 Å². The Labute approximate surface area is 162 Å². The molecular weight excluding hydrogens is 418 g/mol. The van der Waals surface area contributed by atoms with E-state index in [1.165, 1.54) is 11.8 Å². The van der Waals surface area contributed by atoms with Gasteiger partial charge in [0, 0.05) is 10.2 Å². The van der Waals surface area contributed by atoms with Crippen molar-refractivity contribution in [1.82, 2.24) is 9.97 Å². The maximum atomic E-state index is 11.8. The van der Waals surface area contributed by atoms with Crippen molar-refractivity contribution in [2.45, 2.75) is 5.03 Å². The summed E-state index contributed by atoms with van der Waals surface area (Å²) in [4.78, 5) is 32.3. The first-order chi connectivity index (χ1) is 12.6. The molecule has 2 aromatic carbocycles. The Kier molecular flexibility index (Phi) is 6.19. The van der Waals surface area contributed by atoms with E-state index in [1.54, 1.807) is 18.3 Å². The number of rotatable bonds is 6. The minimum absolute atomic E-state index is 0.0542. The predicted molar refractivity (Wildman–Crippen MR) is 104 cm³/mol. The average Bonchev–Trinajstić information content (AvgIpc) is 2.66. The number of halogens is 1. The summed E-state index contributed by atoms with van der Waals surface area (Å²) >= 11 is 4.53. The lowest BCUT2D eigenvalue weighted by molar-refractivity contribution is -0.144. The highest BCUT2D eigenvalue weighted by molar-refractivity contribution is 9.10. The number of carbonyl (C=O) groups excluding carboxylic acids is 2. The lowest BCUT2D eigenvalue weighted by Crippen LogP contribution is -2.21. The molecule has 1 heterocycles. The summed E-state index contributed by atoms with van der Waals surface area (Å²) in [6.45, 7) is -0.334. The van der Waals surface area contributed by atoms with E-state index in [0.717, 1.165) is 15.5 Å². The number of hydrogen-bond donors (Lipinski definition) is 1. The molecule has 3 aromatic rings. The number of para-hydroxylation sites is 2. The van der Waals surface area contributed by atoms with Gasteiger partial charge in [-0.25, -0.2) is 4.98 Å². The zero-order valence-electron chi connectivity index (χ0n) is 13.5. The number of carbonyl (C=O) groups is 2. The molecule has 0 spiro atoms. The quantitative estimate of drug-likeness (QED) is 0.473. The molecule has 132 valence electrons. The lowest BCUT2D eigenvalue weighted by atomic mass is 10.3. The van der Waals surface area contributed by atoms with Crippen LogP contribution in [0.1, 0.15) is 0 Å². The number of aromatic nitrogens is 2. The second-order valence-corrected chi connectivity index (χ2v) is 7.11. The van der Waals surface area contributed by atoms with Crippen molar-refractivity contribution >= 4 is 56.3 Å². The van der Waals surface area contributed by atoms with Gasteiger partial charge in [-0.3, -0.25) is 14.6 Å². The largest absolute Gasteiger partial charge is 0.455 e. The smallest absolute Gasteiger partial charge is 0.316 e. The zero-order chi connectivity index (χ0) is 18.4. The van der Waals surface area contributed by atoms with Gasteiger partial charge < -0.3 is 10.1 Å². The van der Waals surface area contributed by atoms with Gasteiger partial charge in [0.15, 0.2) is 6.61 Å². The molecule has 0 aliphatic rings. The van der Waals surface area contributed by atoms with Crippen LogP contribution in [-0.2, 0) is 14.3 Å². The molecule has 0 saturated heterocycles. The number of benzene rings is 2. The maximum absolute atomic E-state index is 11.8. The van der Waals surface area contributed by atoms with Crippen LogP contribution in [0, 0.1) is 0 Å². The van der Waals surface area contributed by atoms with Crippen LogP contribution in [0.3, 0.4) is 0 Å². The third-order valence-electron chi connectivity index (χ3n) is 3.26. The van der Waals surface area contributed by atoms with Gasteiger partial charge in [0.25, 0.3) is 5.91 Å². The topological polar surface area (TPSA) is 81.2 Å². The van der Waals surface area contributed by atoms with Crippen LogP contribution in [0.2, 0.25) is 0 Å². The Morgan fingerprint density at radius 3 is 2.58 bits per heavy atom. The van der Waals surface area contributed by atoms with Gasteiger partial charge >= 0.3 is 5.97 Å². The first-order valence-electron chi connectivity index (χ1n) is 7.66. The van der Waals surface area contributed by atoms with Gasteiger partial charge in [-0.05, 0) is 36.4 Å². The fourth-order valence-corrected chi connectivity index (χ4v) is 2.96. The highest BCUT2D eigenvalue weighted by Gasteiger charge is 2.10. The van der Waals surface area contributed by atoms with Gasteiger partial charge in [0.2, 0.25) is 0 Å². The SMILES string of the molecule is O=C(COC(=O)CSc1cnc2ccccc2n1)Nc1ccc(Br)cc1. The minimum Gasteiger partial charge on any atom is -0.455 e. The summed E-state index contributed by atoms with van der Waals surface area (Å²) < 4.78 is 5.89. The van der Waals surface area contributed by atoms with Crippen LogP contribution in [0.25, 0.3) is 11.0 Å². The Bertz CT molecular complexity index is 934. The van der Waals surface area contributed by atoms with E-state index in [4.69, 9.17) is 4.74 Å². The predicted octanol–water partition coefficient (Wildman–Crippen LogP) is 3.67. The van der Waals surface area contributed by atoms with Crippen molar-refractivity contribution in [3.05, 3.63) is 59.2 Å². The van der Waals surface area contributed by atoms with Gasteiger partial charge in [-0.15, -0.1) is 0 Å². The second-order valence-electron chi connectivity index (χ2n) is 5.20. The van der Waals surface area contributed by atoms with Crippen molar-refractivity contribution in [3.63, 3.8) is 0 Å². The third kappa shape index (κ3) is 5.27. The number of esters is 1. The molecule has 3 rings (SSSR count). The first-order valence-corrected chi connectivity index (χ1v) is 9.43. The Hall–Kier alpha value is -2.45. The zero-order valence-corrected chi connectivity index (χ0v) is 15.9. The number of thioether (sulfide) groups is 1. The molecule has 0 fully saturated rings. The van der Waals surface area contributed by atoms with E-state index in [9.17, 15) is 9.59 Å².